The molecule has 0 rings (SSSR count). The van der Waals surface area contributed by atoms with Gasteiger partial charge in [-0.1, -0.05) is 20.8 Å². The third-order valence-corrected chi connectivity index (χ3v) is 6.64. The van der Waals surface area contributed by atoms with E-state index in [2.05, 4.69) is 26.1 Å². The molecule has 0 aliphatic carbocycles. The van der Waals surface area contributed by atoms with E-state index in [4.69, 9.17) is 0 Å². The van der Waals surface area contributed by atoms with Crippen molar-refractivity contribution in [2.45, 2.75) is 70.9 Å². The van der Waals surface area contributed by atoms with Crippen molar-refractivity contribution in [1.29, 1.82) is 0 Å². The van der Waals surface area contributed by atoms with Crippen molar-refractivity contribution < 1.29 is 8.42 Å². The van der Waals surface area contributed by atoms with Gasteiger partial charge in [0.05, 0.1) is 10.5 Å². The Labute approximate surface area is 107 Å². The van der Waals surface area contributed by atoms with Gasteiger partial charge in [-0.15, -0.1) is 0 Å². The average Bonchev–Trinajstić information content (AvgIpc) is 2.24. The molecule has 0 saturated carbocycles. The molecule has 0 aromatic rings. The molecule has 1 N–H and O–H groups in total. The van der Waals surface area contributed by atoms with Gasteiger partial charge < -0.3 is 5.32 Å². The van der Waals surface area contributed by atoms with E-state index < -0.39 is 9.84 Å². The first-order valence-electron chi connectivity index (χ1n) is 6.52. The lowest BCUT2D eigenvalue weighted by atomic mass is 10.0. The number of hydrogen-bond acceptors (Lipinski definition) is 3. The van der Waals surface area contributed by atoms with Gasteiger partial charge in [0.15, 0.2) is 9.84 Å². The van der Waals surface area contributed by atoms with Gasteiger partial charge in [-0.25, -0.2) is 8.42 Å². The summed E-state index contributed by atoms with van der Waals surface area (Å²) in [6, 6.07) is 0. The van der Waals surface area contributed by atoms with E-state index in [0.29, 0.717) is 6.54 Å². The van der Waals surface area contributed by atoms with Gasteiger partial charge in [0.2, 0.25) is 0 Å². The first-order valence-corrected chi connectivity index (χ1v) is 8.13. The first kappa shape index (κ1) is 16.9. The van der Waals surface area contributed by atoms with Crippen LogP contribution >= 0.6 is 0 Å². The molecule has 3 nitrogen and oxygen atoms in total. The predicted octanol–water partition coefficient (Wildman–Crippen LogP) is 2.61. The molecule has 0 aliphatic rings. The number of hydrogen-bond donors (Lipinski definition) is 1. The van der Waals surface area contributed by atoms with Crippen molar-refractivity contribution in [1.82, 2.24) is 5.32 Å². The minimum atomic E-state index is -3.03. The van der Waals surface area contributed by atoms with E-state index in [9.17, 15) is 8.42 Å². The van der Waals surface area contributed by atoms with Gasteiger partial charge in [0, 0.05) is 12.1 Å². The highest BCUT2D eigenvalue weighted by Gasteiger charge is 2.30. The fraction of sp³-hybridized carbons (Fsp3) is 1.00. The molecule has 0 amide bonds. The zero-order valence-corrected chi connectivity index (χ0v) is 13.2. The summed E-state index contributed by atoms with van der Waals surface area (Å²) in [6.45, 7) is 14.3. The highest BCUT2D eigenvalue weighted by Crippen LogP contribution is 2.17. The smallest absolute Gasteiger partial charge is 0.156 e. The molecule has 2 atom stereocenters. The Kier molecular flexibility index (Phi) is 6.15. The summed E-state index contributed by atoms with van der Waals surface area (Å²) in [4.78, 5) is 0. The lowest BCUT2D eigenvalue weighted by Crippen LogP contribution is -2.46. The number of rotatable bonds is 7. The third kappa shape index (κ3) is 4.96. The molecule has 17 heavy (non-hydrogen) atoms. The van der Waals surface area contributed by atoms with Crippen LogP contribution in [0.25, 0.3) is 0 Å². The van der Waals surface area contributed by atoms with Crippen LogP contribution in [-0.4, -0.2) is 31.0 Å². The molecule has 0 heterocycles. The molecule has 0 fully saturated rings. The molecule has 0 aromatic carbocycles. The van der Waals surface area contributed by atoms with Crippen molar-refractivity contribution in [3.8, 4) is 0 Å². The molecule has 0 radical (unpaired) electrons. The van der Waals surface area contributed by atoms with Gasteiger partial charge in [-0.3, -0.25) is 0 Å². The summed E-state index contributed by atoms with van der Waals surface area (Å²) < 4.78 is 24.5. The molecular formula is C13H29NO2S. The first-order chi connectivity index (χ1) is 7.54. The second kappa shape index (κ2) is 6.19. The maximum absolute atomic E-state index is 12.2. The van der Waals surface area contributed by atoms with Crippen LogP contribution in [0.3, 0.4) is 0 Å². The normalized spacial score (nSPS) is 17.2. The molecule has 0 spiro atoms. The van der Waals surface area contributed by atoms with Crippen molar-refractivity contribution in [3.05, 3.63) is 0 Å². The average molecular weight is 263 g/mol. The second-order valence-corrected chi connectivity index (χ2v) is 8.69. The maximum atomic E-state index is 12.2. The monoisotopic (exact) mass is 263 g/mol. The van der Waals surface area contributed by atoms with Crippen LogP contribution in [0.1, 0.15) is 54.9 Å². The standard InChI is InChI=1S/C13H29NO2S/c1-8-13(6,7)14-9-11(4)17(15,16)12(5)10(2)3/h10-12,14H,8-9H2,1-7H3. The Morgan fingerprint density at radius 2 is 1.59 bits per heavy atom. The van der Waals surface area contributed by atoms with Crippen LogP contribution < -0.4 is 5.32 Å². The Hall–Kier alpha value is -0.0900. The predicted molar refractivity (Wildman–Crippen MR) is 75.1 cm³/mol. The van der Waals surface area contributed by atoms with E-state index in [1.165, 1.54) is 0 Å². The molecule has 4 heteroatoms. The Morgan fingerprint density at radius 3 is 1.94 bits per heavy atom. The number of nitrogens with one attached hydrogen (secondary N) is 1. The molecule has 2 unspecified atom stereocenters. The minimum absolute atomic E-state index is 0.00481. The SMILES string of the molecule is CCC(C)(C)NCC(C)S(=O)(=O)C(C)C(C)C. The zero-order valence-electron chi connectivity index (χ0n) is 12.4. The summed E-state index contributed by atoms with van der Waals surface area (Å²) >= 11 is 0. The highest BCUT2D eigenvalue weighted by molar-refractivity contribution is 7.92. The van der Waals surface area contributed by atoms with Crippen LogP contribution in [0.4, 0.5) is 0 Å². The van der Waals surface area contributed by atoms with Crippen molar-refractivity contribution in [2.24, 2.45) is 5.92 Å². The quantitative estimate of drug-likeness (QED) is 0.768. The summed E-state index contributed by atoms with van der Waals surface area (Å²) in [5.41, 5.74) is 0.00481. The molecule has 104 valence electrons. The largest absolute Gasteiger partial charge is 0.311 e. The van der Waals surface area contributed by atoms with Crippen LogP contribution in [-0.2, 0) is 9.84 Å². The van der Waals surface area contributed by atoms with Gasteiger partial charge in [-0.2, -0.15) is 0 Å². The number of sulfone groups is 1. The molecular weight excluding hydrogens is 234 g/mol. The second-order valence-electron chi connectivity index (χ2n) is 5.97. The molecule has 0 aromatic heterocycles. The fourth-order valence-corrected chi connectivity index (χ4v) is 3.21. The van der Waals surface area contributed by atoms with E-state index in [-0.39, 0.29) is 22.0 Å². The van der Waals surface area contributed by atoms with Crippen molar-refractivity contribution in [3.63, 3.8) is 0 Å². The summed E-state index contributed by atoms with van der Waals surface area (Å²) in [5, 5.41) is 2.73. The molecule has 0 saturated heterocycles. The fourth-order valence-electron chi connectivity index (χ4n) is 1.41. The summed E-state index contributed by atoms with van der Waals surface area (Å²) in [5.74, 6) is 0.168. The van der Waals surface area contributed by atoms with Crippen LogP contribution in [0.15, 0.2) is 0 Å². The van der Waals surface area contributed by atoms with Gasteiger partial charge in [0.25, 0.3) is 0 Å². The Morgan fingerprint density at radius 1 is 1.12 bits per heavy atom. The van der Waals surface area contributed by atoms with Gasteiger partial charge >= 0.3 is 0 Å². The maximum Gasteiger partial charge on any atom is 0.156 e. The van der Waals surface area contributed by atoms with Gasteiger partial charge in [0.1, 0.15) is 0 Å². The summed E-state index contributed by atoms with van der Waals surface area (Å²) in [7, 11) is -3.03. The highest BCUT2D eigenvalue weighted by atomic mass is 32.2. The van der Waals surface area contributed by atoms with E-state index >= 15 is 0 Å². The minimum Gasteiger partial charge on any atom is -0.311 e. The Bertz CT molecular complexity index is 320. The van der Waals surface area contributed by atoms with E-state index in [1.807, 2.05) is 20.8 Å². The van der Waals surface area contributed by atoms with Gasteiger partial charge in [-0.05, 0) is 40.0 Å². The van der Waals surface area contributed by atoms with E-state index in [1.54, 1.807) is 6.92 Å². The molecule has 0 aliphatic heterocycles. The van der Waals surface area contributed by atoms with Crippen LogP contribution in [0.5, 0.6) is 0 Å². The lowest BCUT2D eigenvalue weighted by molar-refractivity contribution is 0.376. The third-order valence-electron chi connectivity index (χ3n) is 3.77. The Balaban J connectivity index is 4.57. The topological polar surface area (TPSA) is 46.2 Å². The van der Waals surface area contributed by atoms with E-state index in [0.717, 1.165) is 6.42 Å². The van der Waals surface area contributed by atoms with Crippen LogP contribution in [0.2, 0.25) is 0 Å². The summed E-state index contributed by atoms with van der Waals surface area (Å²) in [6.07, 6.45) is 0.986. The van der Waals surface area contributed by atoms with Crippen molar-refractivity contribution >= 4 is 9.84 Å². The lowest BCUT2D eigenvalue weighted by Gasteiger charge is -2.28. The molecule has 0 bridgehead atoms. The zero-order chi connectivity index (χ0) is 13.9. The van der Waals surface area contributed by atoms with Crippen LogP contribution in [0, 0.1) is 5.92 Å². The van der Waals surface area contributed by atoms with Crippen molar-refractivity contribution in [2.75, 3.05) is 6.54 Å².